The molecule has 1 aromatic rings. The molecule has 0 bridgehead atoms. The molecular weight excluding hydrogens is 294 g/mol. The number of hydrogen-bond donors (Lipinski definition) is 2. The number of nitrogens with one attached hydrogen (secondary N) is 1. The van der Waals surface area contributed by atoms with Crippen LogP contribution in [0, 0.1) is 11.8 Å². The van der Waals surface area contributed by atoms with Crippen LogP contribution in [0.15, 0.2) is 12.4 Å². The molecular formula is C17H23N3O3. The third-order valence-corrected chi connectivity index (χ3v) is 4.83. The lowest BCUT2D eigenvalue weighted by atomic mass is 9.81. The normalized spacial score (nSPS) is 24.2. The third-order valence-electron chi connectivity index (χ3n) is 4.83. The van der Waals surface area contributed by atoms with Gasteiger partial charge in [-0.1, -0.05) is 0 Å². The van der Waals surface area contributed by atoms with E-state index < -0.39 is 5.97 Å². The topological polar surface area (TPSA) is 92.2 Å². The van der Waals surface area contributed by atoms with Crippen LogP contribution in [0.3, 0.4) is 0 Å². The zero-order chi connectivity index (χ0) is 16.2. The highest BCUT2D eigenvalue weighted by Gasteiger charge is 2.29. The zero-order valence-electron chi connectivity index (χ0n) is 13.2. The molecule has 1 heterocycles. The standard InChI is InChI=1S/C17H23N3O3/c21-16(13-3-5-14(6-4-13)17(22)23)18-8-7-11-9-19-15(20-10-11)12-1-2-12/h9-10,12-14H,1-8H2,(H,18,21)(H,22,23). The van der Waals surface area contributed by atoms with E-state index in [1.165, 1.54) is 12.8 Å². The Morgan fingerprint density at radius 3 is 2.22 bits per heavy atom. The summed E-state index contributed by atoms with van der Waals surface area (Å²) in [6, 6.07) is 0. The van der Waals surface area contributed by atoms with Gasteiger partial charge in [-0.05, 0) is 50.5 Å². The van der Waals surface area contributed by atoms with Crippen LogP contribution in [-0.4, -0.2) is 33.5 Å². The summed E-state index contributed by atoms with van der Waals surface area (Å²) in [5.41, 5.74) is 1.03. The van der Waals surface area contributed by atoms with Gasteiger partial charge in [0.05, 0.1) is 5.92 Å². The molecule has 0 spiro atoms. The third kappa shape index (κ3) is 4.27. The van der Waals surface area contributed by atoms with E-state index in [-0.39, 0.29) is 17.7 Å². The molecule has 2 N–H and O–H groups in total. The molecule has 2 aliphatic carbocycles. The van der Waals surface area contributed by atoms with Crippen molar-refractivity contribution in [1.82, 2.24) is 15.3 Å². The van der Waals surface area contributed by atoms with E-state index in [2.05, 4.69) is 15.3 Å². The number of hydrogen-bond acceptors (Lipinski definition) is 4. The molecule has 0 aromatic carbocycles. The molecule has 6 nitrogen and oxygen atoms in total. The number of carboxylic acid groups (broad SMARTS) is 1. The largest absolute Gasteiger partial charge is 0.481 e. The number of carboxylic acids is 1. The first-order chi connectivity index (χ1) is 11.1. The lowest BCUT2D eigenvalue weighted by molar-refractivity contribution is -0.144. The molecule has 1 amide bonds. The molecule has 1 aromatic heterocycles. The average Bonchev–Trinajstić information content (AvgIpc) is 3.40. The van der Waals surface area contributed by atoms with Crippen LogP contribution in [0.1, 0.15) is 55.8 Å². The maximum Gasteiger partial charge on any atom is 0.306 e. The van der Waals surface area contributed by atoms with Crippen LogP contribution >= 0.6 is 0 Å². The lowest BCUT2D eigenvalue weighted by Crippen LogP contribution is -2.35. The van der Waals surface area contributed by atoms with Crippen molar-refractivity contribution in [2.75, 3.05) is 6.54 Å². The second kappa shape index (κ2) is 7.06. The molecule has 3 rings (SSSR count). The number of carbonyl (C=O) groups is 2. The van der Waals surface area contributed by atoms with E-state index in [1.54, 1.807) is 0 Å². The van der Waals surface area contributed by atoms with Crippen molar-refractivity contribution in [2.45, 2.75) is 50.9 Å². The fraction of sp³-hybridized carbons (Fsp3) is 0.647. The van der Waals surface area contributed by atoms with Crippen LogP contribution in [0.25, 0.3) is 0 Å². The van der Waals surface area contributed by atoms with Crippen molar-refractivity contribution in [3.8, 4) is 0 Å². The molecule has 0 aliphatic heterocycles. The van der Waals surface area contributed by atoms with Gasteiger partial charge in [-0.3, -0.25) is 9.59 Å². The molecule has 0 unspecified atom stereocenters. The Balaban J connectivity index is 1.38. The molecule has 2 fully saturated rings. The van der Waals surface area contributed by atoms with Crippen molar-refractivity contribution < 1.29 is 14.7 Å². The summed E-state index contributed by atoms with van der Waals surface area (Å²) in [5.74, 6) is 0.487. The van der Waals surface area contributed by atoms with Crippen molar-refractivity contribution in [3.05, 3.63) is 23.8 Å². The van der Waals surface area contributed by atoms with Gasteiger partial charge in [0.15, 0.2) is 0 Å². The van der Waals surface area contributed by atoms with E-state index in [1.807, 2.05) is 12.4 Å². The van der Waals surface area contributed by atoms with Gasteiger partial charge in [0.2, 0.25) is 5.91 Å². The molecule has 6 heteroatoms. The Kier molecular flexibility index (Phi) is 4.88. The molecule has 2 aliphatic rings. The maximum atomic E-state index is 12.1. The number of carbonyl (C=O) groups excluding carboxylic acids is 1. The smallest absolute Gasteiger partial charge is 0.306 e. The summed E-state index contributed by atoms with van der Waals surface area (Å²) in [4.78, 5) is 31.8. The van der Waals surface area contributed by atoms with Gasteiger partial charge in [0.1, 0.15) is 5.82 Å². The number of aromatic nitrogens is 2. The number of amides is 1. The Bertz CT molecular complexity index is 561. The van der Waals surface area contributed by atoms with Crippen LogP contribution in [0.2, 0.25) is 0 Å². The molecule has 0 radical (unpaired) electrons. The van der Waals surface area contributed by atoms with Crippen molar-refractivity contribution in [2.24, 2.45) is 11.8 Å². The van der Waals surface area contributed by atoms with E-state index in [0.29, 0.717) is 38.1 Å². The van der Waals surface area contributed by atoms with Gasteiger partial charge in [-0.15, -0.1) is 0 Å². The zero-order valence-corrected chi connectivity index (χ0v) is 13.2. The molecule has 0 atom stereocenters. The lowest BCUT2D eigenvalue weighted by Gasteiger charge is -2.25. The van der Waals surface area contributed by atoms with Crippen LogP contribution in [0.4, 0.5) is 0 Å². The van der Waals surface area contributed by atoms with Crippen molar-refractivity contribution >= 4 is 11.9 Å². The fourth-order valence-corrected chi connectivity index (χ4v) is 3.12. The van der Waals surface area contributed by atoms with Gasteiger partial charge in [0.25, 0.3) is 0 Å². The number of rotatable bonds is 6. The fourth-order valence-electron chi connectivity index (χ4n) is 3.12. The second-order valence-corrected chi connectivity index (χ2v) is 6.65. The van der Waals surface area contributed by atoms with Crippen LogP contribution in [-0.2, 0) is 16.0 Å². The summed E-state index contributed by atoms with van der Waals surface area (Å²) in [6.45, 7) is 0.573. The second-order valence-electron chi connectivity index (χ2n) is 6.65. The molecule has 124 valence electrons. The minimum Gasteiger partial charge on any atom is -0.481 e. The molecule has 2 saturated carbocycles. The van der Waals surface area contributed by atoms with Gasteiger partial charge in [0, 0.05) is 30.8 Å². The average molecular weight is 317 g/mol. The van der Waals surface area contributed by atoms with Gasteiger partial charge in [-0.25, -0.2) is 9.97 Å². The van der Waals surface area contributed by atoms with E-state index >= 15 is 0 Å². The minimum atomic E-state index is -0.737. The number of nitrogens with zero attached hydrogens (tertiary/aromatic N) is 2. The summed E-state index contributed by atoms with van der Waals surface area (Å²) < 4.78 is 0. The summed E-state index contributed by atoms with van der Waals surface area (Å²) in [5, 5.41) is 11.9. The maximum absolute atomic E-state index is 12.1. The number of aliphatic carboxylic acids is 1. The first-order valence-corrected chi connectivity index (χ1v) is 8.45. The first-order valence-electron chi connectivity index (χ1n) is 8.45. The van der Waals surface area contributed by atoms with Crippen molar-refractivity contribution in [3.63, 3.8) is 0 Å². The SMILES string of the molecule is O=C(O)C1CCC(C(=O)NCCc2cnc(C3CC3)nc2)CC1. The summed E-state index contributed by atoms with van der Waals surface area (Å²) in [7, 11) is 0. The Morgan fingerprint density at radius 2 is 1.65 bits per heavy atom. The monoisotopic (exact) mass is 317 g/mol. The summed E-state index contributed by atoms with van der Waals surface area (Å²) >= 11 is 0. The van der Waals surface area contributed by atoms with Gasteiger partial charge >= 0.3 is 5.97 Å². The highest BCUT2D eigenvalue weighted by molar-refractivity contribution is 5.79. The van der Waals surface area contributed by atoms with Crippen LogP contribution in [0.5, 0.6) is 0 Å². The quantitative estimate of drug-likeness (QED) is 0.836. The van der Waals surface area contributed by atoms with Gasteiger partial charge in [-0.2, -0.15) is 0 Å². The predicted octanol–water partition coefficient (Wildman–Crippen LogP) is 1.90. The minimum absolute atomic E-state index is 0.0425. The van der Waals surface area contributed by atoms with Crippen LogP contribution < -0.4 is 5.32 Å². The Morgan fingerprint density at radius 1 is 1.04 bits per heavy atom. The van der Waals surface area contributed by atoms with E-state index in [4.69, 9.17) is 5.11 Å². The predicted molar refractivity (Wildman–Crippen MR) is 83.8 cm³/mol. The highest BCUT2D eigenvalue weighted by Crippen LogP contribution is 2.37. The first kappa shape index (κ1) is 15.9. The van der Waals surface area contributed by atoms with Crippen molar-refractivity contribution in [1.29, 1.82) is 0 Å². The molecule has 0 saturated heterocycles. The Hall–Kier alpha value is -1.98. The summed E-state index contributed by atoms with van der Waals surface area (Å²) in [6.07, 6.45) is 9.35. The Labute approximate surface area is 135 Å². The van der Waals surface area contributed by atoms with E-state index in [0.717, 1.165) is 17.8 Å². The highest BCUT2D eigenvalue weighted by atomic mass is 16.4. The molecule has 23 heavy (non-hydrogen) atoms. The van der Waals surface area contributed by atoms with E-state index in [9.17, 15) is 9.59 Å². The van der Waals surface area contributed by atoms with Gasteiger partial charge < -0.3 is 10.4 Å².